The third kappa shape index (κ3) is 3.82. The SMILES string of the molecule is Cc1nc2c(-c3c(F)cc(Cl)cc3F)cc(N3CCO[C@@H](c4cnn(C)c4)C3)nn2c(=O)c1C. The lowest BCUT2D eigenvalue weighted by molar-refractivity contribution is 0.0394. The molecule has 4 heterocycles. The minimum absolute atomic E-state index is 0.0639. The molecule has 1 aliphatic heterocycles. The molecule has 11 heteroatoms. The van der Waals surface area contributed by atoms with Gasteiger partial charge in [-0.05, 0) is 32.0 Å². The molecule has 0 spiro atoms. The molecule has 1 aliphatic rings. The third-order valence-corrected chi connectivity index (χ3v) is 6.23. The van der Waals surface area contributed by atoms with Crippen LogP contribution in [0.5, 0.6) is 0 Å². The van der Waals surface area contributed by atoms with Crippen LogP contribution in [0.4, 0.5) is 14.6 Å². The molecule has 1 atom stereocenters. The monoisotopic (exact) mass is 486 g/mol. The first-order valence-corrected chi connectivity index (χ1v) is 11.0. The van der Waals surface area contributed by atoms with E-state index in [1.165, 1.54) is 0 Å². The standard InChI is InChI=1S/C23H21ClF2N6O2/c1-12-13(2)28-22-16(21-17(25)6-15(24)7-18(21)26)8-20(29-32(22)23(12)33)31-4-5-34-19(11-31)14-9-27-30(3)10-14/h6-10,19H,4-5,11H2,1-3H3/t19-/m1/s1. The van der Waals surface area contributed by atoms with E-state index in [1.807, 2.05) is 18.1 Å². The Balaban J connectivity index is 1.70. The maximum Gasteiger partial charge on any atom is 0.277 e. The molecular weight excluding hydrogens is 466 g/mol. The van der Waals surface area contributed by atoms with Crippen molar-refractivity contribution in [2.24, 2.45) is 7.05 Å². The van der Waals surface area contributed by atoms with Crippen LogP contribution in [-0.4, -0.2) is 44.1 Å². The molecule has 3 aromatic heterocycles. The Morgan fingerprint density at radius 1 is 1.18 bits per heavy atom. The number of ether oxygens (including phenoxy) is 1. The van der Waals surface area contributed by atoms with Crippen LogP contribution in [0.3, 0.4) is 0 Å². The number of hydrogen-bond acceptors (Lipinski definition) is 6. The van der Waals surface area contributed by atoms with Gasteiger partial charge in [-0.3, -0.25) is 9.48 Å². The van der Waals surface area contributed by atoms with E-state index < -0.39 is 17.2 Å². The lowest BCUT2D eigenvalue weighted by atomic mass is 10.0. The highest BCUT2D eigenvalue weighted by Crippen LogP contribution is 2.34. The summed E-state index contributed by atoms with van der Waals surface area (Å²) in [5.41, 5.74) is 1.21. The minimum Gasteiger partial charge on any atom is -0.370 e. The molecule has 0 amide bonds. The fraction of sp³-hybridized carbons (Fsp3) is 0.304. The van der Waals surface area contributed by atoms with Crippen LogP contribution in [0.1, 0.15) is 22.9 Å². The van der Waals surface area contributed by atoms with E-state index in [2.05, 4.69) is 15.2 Å². The van der Waals surface area contributed by atoms with Crippen molar-refractivity contribution in [1.82, 2.24) is 24.4 Å². The van der Waals surface area contributed by atoms with Crippen molar-refractivity contribution in [2.75, 3.05) is 24.6 Å². The van der Waals surface area contributed by atoms with Gasteiger partial charge in [0.2, 0.25) is 0 Å². The maximum absolute atomic E-state index is 15.0. The lowest BCUT2D eigenvalue weighted by Crippen LogP contribution is -2.39. The molecule has 8 nitrogen and oxygen atoms in total. The lowest BCUT2D eigenvalue weighted by Gasteiger charge is -2.33. The van der Waals surface area contributed by atoms with Crippen LogP contribution in [0.15, 0.2) is 35.4 Å². The first-order chi connectivity index (χ1) is 16.2. The topological polar surface area (TPSA) is 77.6 Å². The van der Waals surface area contributed by atoms with Crippen molar-refractivity contribution in [3.05, 3.63) is 74.4 Å². The summed E-state index contributed by atoms with van der Waals surface area (Å²) in [6, 6.07) is 3.61. The number of benzene rings is 1. The van der Waals surface area contributed by atoms with Gasteiger partial charge < -0.3 is 9.64 Å². The molecule has 1 saturated heterocycles. The van der Waals surface area contributed by atoms with Gasteiger partial charge in [0.25, 0.3) is 5.56 Å². The number of rotatable bonds is 3. The Morgan fingerprint density at radius 2 is 1.91 bits per heavy atom. The zero-order chi connectivity index (χ0) is 24.1. The summed E-state index contributed by atoms with van der Waals surface area (Å²) < 4.78 is 38.6. The van der Waals surface area contributed by atoms with Gasteiger partial charge in [-0.25, -0.2) is 13.8 Å². The van der Waals surface area contributed by atoms with Crippen LogP contribution in [-0.2, 0) is 11.8 Å². The molecule has 5 rings (SSSR count). The number of nitrogens with zero attached hydrogens (tertiary/aromatic N) is 6. The molecule has 0 radical (unpaired) electrons. The normalized spacial score (nSPS) is 16.4. The average molecular weight is 487 g/mol. The number of aryl methyl sites for hydroxylation is 2. The Bertz CT molecular complexity index is 1460. The summed E-state index contributed by atoms with van der Waals surface area (Å²) >= 11 is 5.84. The molecule has 0 aliphatic carbocycles. The molecule has 176 valence electrons. The highest BCUT2D eigenvalue weighted by Gasteiger charge is 2.27. The Labute approximate surface area is 198 Å². The summed E-state index contributed by atoms with van der Waals surface area (Å²) in [4.78, 5) is 19.4. The molecule has 34 heavy (non-hydrogen) atoms. The van der Waals surface area contributed by atoms with Crippen molar-refractivity contribution >= 4 is 23.1 Å². The van der Waals surface area contributed by atoms with Gasteiger partial charge in [0.1, 0.15) is 17.7 Å². The first kappa shape index (κ1) is 22.4. The zero-order valence-electron chi connectivity index (χ0n) is 18.7. The molecule has 0 bridgehead atoms. The van der Waals surface area contributed by atoms with Gasteiger partial charge in [0, 0.05) is 47.2 Å². The highest BCUT2D eigenvalue weighted by atomic mass is 35.5. The predicted molar refractivity (Wildman–Crippen MR) is 123 cm³/mol. The van der Waals surface area contributed by atoms with Crippen molar-refractivity contribution in [3.8, 4) is 11.1 Å². The number of aromatic nitrogens is 5. The fourth-order valence-corrected chi connectivity index (χ4v) is 4.29. The molecule has 0 unspecified atom stereocenters. The van der Waals surface area contributed by atoms with Crippen LogP contribution in [0, 0.1) is 25.5 Å². The van der Waals surface area contributed by atoms with Crippen molar-refractivity contribution < 1.29 is 13.5 Å². The van der Waals surface area contributed by atoms with E-state index in [0.717, 1.165) is 22.2 Å². The number of anilines is 1. The Kier molecular flexibility index (Phi) is 5.57. The van der Waals surface area contributed by atoms with E-state index >= 15 is 0 Å². The van der Waals surface area contributed by atoms with Crippen molar-refractivity contribution in [2.45, 2.75) is 20.0 Å². The number of morpholine rings is 1. The second kappa shape index (κ2) is 8.44. The predicted octanol–water partition coefficient (Wildman–Crippen LogP) is 3.62. The molecule has 1 aromatic carbocycles. The third-order valence-electron chi connectivity index (χ3n) is 6.01. The first-order valence-electron chi connectivity index (χ1n) is 10.6. The van der Waals surface area contributed by atoms with E-state index in [1.54, 1.807) is 30.8 Å². The smallest absolute Gasteiger partial charge is 0.277 e. The van der Waals surface area contributed by atoms with Crippen LogP contribution < -0.4 is 10.5 Å². The number of halogens is 3. The van der Waals surface area contributed by atoms with Gasteiger partial charge in [-0.15, -0.1) is 5.10 Å². The van der Waals surface area contributed by atoms with Gasteiger partial charge in [-0.1, -0.05) is 11.6 Å². The number of fused-ring (bicyclic) bond motifs is 1. The quantitative estimate of drug-likeness (QED) is 0.440. The van der Waals surface area contributed by atoms with E-state index in [0.29, 0.717) is 36.8 Å². The Hall–Kier alpha value is -3.37. The molecular formula is C23H21ClF2N6O2. The second-order valence-electron chi connectivity index (χ2n) is 8.28. The maximum atomic E-state index is 15.0. The van der Waals surface area contributed by atoms with Gasteiger partial charge in [0.05, 0.1) is 24.9 Å². The van der Waals surface area contributed by atoms with Crippen molar-refractivity contribution in [1.29, 1.82) is 0 Å². The molecule has 0 saturated carbocycles. The molecule has 0 N–H and O–H groups in total. The average Bonchev–Trinajstić information content (AvgIpc) is 3.23. The molecule has 4 aromatic rings. The minimum atomic E-state index is -0.855. The van der Waals surface area contributed by atoms with E-state index in [9.17, 15) is 13.6 Å². The van der Waals surface area contributed by atoms with Gasteiger partial charge in [0.15, 0.2) is 11.5 Å². The summed E-state index contributed by atoms with van der Waals surface area (Å²) in [5, 5.41) is 8.64. The summed E-state index contributed by atoms with van der Waals surface area (Å²) in [6.45, 7) is 4.61. The second-order valence-corrected chi connectivity index (χ2v) is 8.71. The van der Waals surface area contributed by atoms with Crippen molar-refractivity contribution in [3.63, 3.8) is 0 Å². The highest BCUT2D eigenvalue weighted by molar-refractivity contribution is 6.30. The largest absolute Gasteiger partial charge is 0.370 e. The molecule has 1 fully saturated rings. The fourth-order valence-electron chi connectivity index (χ4n) is 4.10. The zero-order valence-corrected chi connectivity index (χ0v) is 19.5. The van der Waals surface area contributed by atoms with Gasteiger partial charge >= 0.3 is 0 Å². The van der Waals surface area contributed by atoms with Crippen LogP contribution in [0.25, 0.3) is 16.8 Å². The summed E-state index contributed by atoms with van der Waals surface area (Å²) in [7, 11) is 1.82. The van der Waals surface area contributed by atoms with Crippen LogP contribution in [0.2, 0.25) is 5.02 Å². The summed E-state index contributed by atoms with van der Waals surface area (Å²) in [5.74, 6) is -1.33. The summed E-state index contributed by atoms with van der Waals surface area (Å²) in [6.07, 6.45) is 3.32. The van der Waals surface area contributed by atoms with Crippen LogP contribution >= 0.6 is 11.6 Å². The Morgan fingerprint density at radius 3 is 2.59 bits per heavy atom. The van der Waals surface area contributed by atoms with Gasteiger partial charge in [-0.2, -0.15) is 9.61 Å². The number of hydrogen-bond donors (Lipinski definition) is 0. The van der Waals surface area contributed by atoms with E-state index in [4.69, 9.17) is 16.3 Å². The van der Waals surface area contributed by atoms with E-state index in [-0.39, 0.29) is 27.9 Å².